The second-order valence-corrected chi connectivity index (χ2v) is 6.06. The van der Waals surface area contributed by atoms with Crippen molar-refractivity contribution >= 4 is 21.6 Å². The van der Waals surface area contributed by atoms with Crippen molar-refractivity contribution in [3.63, 3.8) is 0 Å². The van der Waals surface area contributed by atoms with Crippen LogP contribution in [0.15, 0.2) is 52.3 Å². The Morgan fingerprint density at radius 1 is 1.22 bits per heavy atom. The van der Waals surface area contributed by atoms with Crippen LogP contribution in [0.5, 0.6) is 11.5 Å². The maximum atomic E-state index is 9.53. The average molecular weight is 372 g/mol. The van der Waals surface area contributed by atoms with Crippen molar-refractivity contribution in [2.24, 2.45) is 5.73 Å². The highest BCUT2D eigenvalue weighted by molar-refractivity contribution is 9.10. The normalized spacial score (nSPS) is 16.3. The number of rotatable bonds is 2. The van der Waals surface area contributed by atoms with E-state index in [1.54, 1.807) is 19.2 Å². The van der Waals surface area contributed by atoms with Crippen molar-refractivity contribution in [2.75, 3.05) is 12.8 Å². The third-order valence-electron chi connectivity index (χ3n) is 3.71. The summed E-state index contributed by atoms with van der Waals surface area (Å²) in [5.41, 5.74) is 14.4. The number of nitrogen functional groups attached to an aromatic ring is 1. The number of fused-ring (bicyclic) bond motifs is 1. The molecule has 23 heavy (non-hydrogen) atoms. The zero-order valence-corrected chi connectivity index (χ0v) is 13.9. The Morgan fingerprint density at radius 3 is 2.70 bits per heavy atom. The summed E-state index contributed by atoms with van der Waals surface area (Å²) in [5.74, 6) is 1.00. The molecule has 0 amide bonds. The number of methoxy groups -OCH3 is 1. The van der Waals surface area contributed by atoms with E-state index in [9.17, 15) is 5.26 Å². The lowest BCUT2D eigenvalue weighted by Crippen LogP contribution is -2.21. The van der Waals surface area contributed by atoms with Crippen LogP contribution < -0.4 is 20.9 Å². The van der Waals surface area contributed by atoms with E-state index in [1.165, 1.54) is 0 Å². The lowest BCUT2D eigenvalue weighted by molar-refractivity contribution is 0.393. The van der Waals surface area contributed by atoms with Gasteiger partial charge in [-0.15, -0.1) is 0 Å². The summed E-state index contributed by atoms with van der Waals surface area (Å²) >= 11 is 3.47. The number of hydrogen-bond acceptors (Lipinski definition) is 5. The minimum absolute atomic E-state index is 0.0922. The fourth-order valence-corrected chi connectivity index (χ4v) is 3.17. The van der Waals surface area contributed by atoms with Gasteiger partial charge < -0.3 is 20.9 Å². The van der Waals surface area contributed by atoms with Crippen LogP contribution in [0.4, 0.5) is 5.69 Å². The van der Waals surface area contributed by atoms with Gasteiger partial charge in [0.25, 0.3) is 0 Å². The third kappa shape index (κ3) is 2.71. The van der Waals surface area contributed by atoms with Gasteiger partial charge in [0.2, 0.25) is 5.88 Å². The summed E-state index contributed by atoms with van der Waals surface area (Å²) in [7, 11) is 1.60. The summed E-state index contributed by atoms with van der Waals surface area (Å²) in [6, 6.07) is 13.2. The first-order valence-corrected chi connectivity index (χ1v) is 7.64. The topological polar surface area (TPSA) is 94.3 Å². The first-order chi connectivity index (χ1) is 11.0. The summed E-state index contributed by atoms with van der Waals surface area (Å²) in [6.07, 6.45) is 0. The van der Waals surface area contributed by atoms with E-state index >= 15 is 0 Å². The number of ether oxygens (including phenoxy) is 2. The zero-order chi connectivity index (χ0) is 16.6. The van der Waals surface area contributed by atoms with E-state index in [0.717, 1.165) is 15.6 Å². The van der Waals surface area contributed by atoms with Gasteiger partial charge in [0, 0.05) is 21.8 Å². The summed E-state index contributed by atoms with van der Waals surface area (Å²) < 4.78 is 11.7. The average Bonchev–Trinajstić information content (AvgIpc) is 2.52. The Balaban J connectivity index is 2.24. The molecular weight excluding hydrogens is 358 g/mol. The number of anilines is 1. The van der Waals surface area contributed by atoms with Gasteiger partial charge in [0.1, 0.15) is 23.1 Å². The van der Waals surface area contributed by atoms with Crippen molar-refractivity contribution in [3.05, 3.63) is 63.5 Å². The standard InChI is InChI=1S/C17H14BrN3O2/c1-22-12-5-9(4-10(18)6-12)16-13-3-2-11(20)7-15(13)23-17(21)14(16)8-19/h2-7,16H,20-21H2,1H3. The van der Waals surface area contributed by atoms with Crippen LogP contribution in [-0.2, 0) is 0 Å². The summed E-state index contributed by atoms with van der Waals surface area (Å²) in [4.78, 5) is 0. The first kappa shape index (κ1) is 15.3. The van der Waals surface area contributed by atoms with E-state index in [-0.39, 0.29) is 11.8 Å². The number of allylic oxidation sites excluding steroid dienone is 1. The van der Waals surface area contributed by atoms with Gasteiger partial charge in [-0.25, -0.2) is 0 Å². The van der Waals surface area contributed by atoms with Crippen molar-refractivity contribution < 1.29 is 9.47 Å². The monoisotopic (exact) mass is 371 g/mol. The highest BCUT2D eigenvalue weighted by Gasteiger charge is 2.31. The minimum Gasteiger partial charge on any atom is -0.497 e. The lowest BCUT2D eigenvalue weighted by Gasteiger charge is -2.27. The zero-order valence-electron chi connectivity index (χ0n) is 12.3. The van der Waals surface area contributed by atoms with Crippen LogP contribution in [0.25, 0.3) is 0 Å². The molecule has 0 fully saturated rings. The molecule has 0 saturated carbocycles. The van der Waals surface area contributed by atoms with E-state index in [4.69, 9.17) is 20.9 Å². The molecular formula is C17H14BrN3O2. The first-order valence-electron chi connectivity index (χ1n) is 6.85. The van der Waals surface area contributed by atoms with Crippen LogP contribution in [0, 0.1) is 11.3 Å². The van der Waals surface area contributed by atoms with Crippen molar-refractivity contribution in [1.29, 1.82) is 5.26 Å². The molecule has 2 aromatic rings. The maximum Gasteiger partial charge on any atom is 0.205 e. The Kier molecular flexibility index (Phi) is 3.89. The molecule has 4 N–H and O–H groups in total. The van der Waals surface area contributed by atoms with Crippen LogP contribution in [0.3, 0.4) is 0 Å². The van der Waals surface area contributed by atoms with Crippen LogP contribution in [0.2, 0.25) is 0 Å². The predicted octanol–water partition coefficient (Wildman–Crippen LogP) is 3.26. The van der Waals surface area contributed by atoms with Gasteiger partial charge in [-0.3, -0.25) is 0 Å². The fraction of sp³-hybridized carbons (Fsp3) is 0.118. The Hall–Kier alpha value is -2.65. The molecule has 5 nitrogen and oxygen atoms in total. The highest BCUT2D eigenvalue weighted by atomic mass is 79.9. The van der Waals surface area contributed by atoms with E-state index in [2.05, 4.69) is 22.0 Å². The molecule has 1 aliphatic rings. The van der Waals surface area contributed by atoms with Crippen LogP contribution >= 0.6 is 15.9 Å². The maximum absolute atomic E-state index is 9.53. The molecule has 0 radical (unpaired) electrons. The van der Waals surface area contributed by atoms with Crippen molar-refractivity contribution in [3.8, 4) is 17.6 Å². The summed E-state index contributed by atoms with van der Waals surface area (Å²) in [6.45, 7) is 0. The second-order valence-electron chi connectivity index (χ2n) is 5.15. The predicted molar refractivity (Wildman–Crippen MR) is 90.8 cm³/mol. The fourth-order valence-electron chi connectivity index (χ4n) is 2.68. The number of halogens is 1. The molecule has 0 saturated heterocycles. The lowest BCUT2D eigenvalue weighted by atomic mass is 9.83. The molecule has 1 unspecified atom stereocenters. The smallest absolute Gasteiger partial charge is 0.205 e. The highest BCUT2D eigenvalue weighted by Crippen LogP contribution is 2.44. The van der Waals surface area contributed by atoms with Gasteiger partial charge in [0.15, 0.2) is 0 Å². The van der Waals surface area contributed by atoms with E-state index < -0.39 is 0 Å². The van der Waals surface area contributed by atoms with Crippen LogP contribution in [-0.4, -0.2) is 7.11 Å². The second kappa shape index (κ2) is 5.86. The number of nitriles is 1. The van der Waals surface area contributed by atoms with Crippen molar-refractivity contribution in [2.45, 2.75) is 5.92 Å². The van der Waals surface area contributed by atoms with E-state index in [0.29, 0.717) is 22.8 Å². The molecule has 0 spiro atoms. The molecule has 0 aromatic heterocycles. The van der Waals surface area contributed by atoms with Crippen LogP contribution in [0.1, 0.15) is 17.0 Å². The van der Waals surface area contributed by atoms with Gasteiger partial charge in [-0.05, 0) is 29.8 Å². The van der Waals surface area contributed by atoms with Gasteiger partial charge >= 0.3 is 0 Å². The Bertz CT molecular complexity index is 855. The molecule has 3 rings (SSSR count). The third-order valence-corrected chi connectivity index (χ3v) is 4.16. The van der Waals surface area contributed by atoms with E-state index in [1.807, 2.05) is 24.3 Å². The summed E-state index contributed by atoms with van der Waals surface area (Å²) in [5, 5.41) is 9.53. The molecule has 0 bridgehead atoms. The SMILES string of the molecule is COc1cc(Br)cc(C2C(C#N)=C(N)Oc3cc(N)ccc32)c1. The molecule has 1 atom stereocenters. The molecule has 0 aliphatic carbocycles. The van der Waals surface area contributed by atoms with Gasteiger partial charge in [-0.2, -0.15) is 5.26 Å². The van der Waals surface area contributed by atoms with Gasteiger partial charge in [-0.1, -0.05) is 22.0 Å². The Morgan fingerprint density at radius 2 is 2.00 bits per heavy atom. The molecule has 2 aromatic carbocycles. The van der Waals surface area contributed by atoms with Gasteiger partial charge in [0.05, 0.1) is 13.0 Å². The molecule has 116 valence electrons. The van der Waals surface area contributed by atoms with Crippen molar-refractivity contribution in [1.82, 2.24) is 0 Å². The number of benzene rings is 2. The molecule has 6 heteroatoms. The Labute approximate surface area is 142 Å². The quantitative estimate of drug-likeness (QED) is 0.790. The number of nitrogens with zero attached hydrogens (tertiary/aromatic N) is 1. The number of hydrogen-bond donors (Lipinski definition) is 2. The minimum atomic E-state index is -0.337. The molecule has 1 aliphatic heterocycles. The number of nitrogens with two attached hydrogens (primary N) is 2. The largest absolute Gasteiger partial charge is 0.497 e. The molecule has 1 heterocycles.